The normalized spacial score (nSPS) is 14.0. The Morgan fingerprint density at radius 3 is 2.75 bits per heavy atom. The second-order valence-electron chi connectivity index (χ2n) is 6.72. The summed E-state index contributed by atoms with van der Waals surface area (Å²) < 4.78 is 1.47. The lowest BCUT2D eigenvalue weighted by Crippen LogP contribution is -2.27. The molecule has 7 nitrogen and oxygen atoms in total. The minimum Gasteiger partial charge on any atom is -0.352 e. The second-order valence-corrected chi connectivity index (χ2v) is 7.62. The SMILES string of the molecule is O=C(CCn1cnc2sccc2c1=O)NCc1ccc(N2CCCC2=O)cc1. The molecule has 1 N–H and O–H groups in total. The third-order valence-electron chi connectivity index (χ3n) is 4.84. The van der Waals surface area contributed by atoms with Gasteiger partial charge in [0.05, 0.1) is 11.7 Å². The maximum atomic E-state index is 12.3. The van der Waals surface area contributed by atoms with Crippen molar-refractivity contribution in [3.8, 4) is 0 Å². The smallest absolute Gasteiger partial charge is 0.262 e. The van der Waals surface area contributed by atoms with Crippen molar-refractivity contribution in [2.75, 3.05) is 11.4 Å². The summed E-state index contributed by atoms with van der Waals surface area (Å²) in [5.74, 6) is 0.0301. The van der Waals surface area contributed by atoms with Crippen LogP contribution in [0.2, 0.25) is 0 Å². The average molecular weight is 396 g/mol. The molecule has 8 heteroatoms. The number of carbonyl (C=O) groups excluding carboxylic acids is 2. The van der Waals surface area contributed by atoms with Gasteiger partial charge in [-0.1, -0.05) is 12.1 Å². The molecule has 1 aliphatic rings. The summed E-state index contributed by atoms with van der Waals surface area (Å²) in [5.41, 5.74) is 1.74. The number of aromatic nitrogens is 2. The molecule has 0 unspecified atom stereocenters. The molecule has 0 radical (unpaired) electrons. The van der Waals surface area contributed by atoms with E-state index in [1.807, 2.05) is 29.6 Å². The number of nitrogens with one attached hydrogen (secondary N) is 1. The van der Waals surface area contributed by atoms with Gasteiger partial charge in [0.15, 0.2) is 0 Å². The van der Waals surface area contributed by atoms with Crippen LogP contribution in [0.1, 0.15) is 24.8 Å². The first-order chi connectivity index (χ1) is 13.6. The Morgan fingerprint density at radius 2 is 2.00 bits per heavy atom. The Labute approximate surface area is 165 Å². The van der Waals surface area contributed by atoms with Crippen LogP contribution in [-0.4, -0.2) is 27.9 Å². The van der Waals surface area contributed by atoms with Gasteiger partial charge in [0.2, 0.25) is 11.8 Å². The van der Waals surface area contributed by atoms with Crippen LogP contribution in [0.3, 0.4) is 0 Å². The van der Waals surface area contributed by atoms with Gasteiger partial charge in [-0.2, -0.15) is 0 Å². The minimum atomic E-state index is -0.129. The van der Waals surface area contributed by atoms with E-state index in [0.717, 1.165) is 24.2 Å². The number of nitrogens with zero attached hydrogens (tertiary/aromatic N) is 3. The van der Waals surface area contributed by atoms with E-state index in [9.17, 15) is 14.4 Å². The second kappa shape index (κ2) is 7.93. The van der Waals surface area contributed by atoms with Crippen molar-refractivity contribution >= 4 is 39.1 Å². The lowest BCUT2D eigenvalue weighted by atomic mass is 10.2. The van der Waals surface area contributed by atoms with Crippen LogP contribution in [0.25, 0.3) is 10.2 Å². The summed E-state index contributed by atoms with van der Waals surface area (Å²) in [6.07, 6.45) is 3.20. The molecule has 0 saturated carbocycles. The van der Waals surface area contributed by atoms with Crippen LogP contribution < -0.4 is 15.8 Å². The number of carbonyl (C=O) groups is 2. The maximum Gasteiger partial charge on any atom is 0.262 e. The quantitative estimate of drug-likeness (QED) is 0.693. The number of amides is 2. The Balaban J connectivity index is 1.30. The number of fused-ring (bicyclic) bond motifs is 1. The highest BCUT2D eigenvalue weighted by Gasteiger charge is 2.21. The van der Waals surface area contributed by atoms with Gasteiger partial charge in [-0.15, -0.1) is 11.3 Å². The number of rotatable bonds is 6. The Hall–Kier alpha value is -3.00. The molecule has 144 valence electrons. The molecule has 0 aliphatic carbocycles. The third kappa shape index (κ3) is 3.82. The number of benzene rings is 1. The molecule has 1 saturated heterocycles. The first-order valence-electron chi connectivity index (χ1n) is 9.20. The Bertz CT molecular complexity index is 1070. The number of hydrogen-bond donors (Lipinski definition) is 1. The predicted molar refractivity (Wildman–Crippen MR) is 108 cm³/mol. The molecule has 1 aliphatic heterocycles. The zero-order valence-corrected chi connectivity index (χ0v) is 16.1. The van der Waals surface area contributed by atoms with Crippen LogP contribution in [0.5, 0.6) is 0 Å². The van der Waals surface area contributed by atoms with E-state index in [4.69, 9.17) is 0 Å². The molecule has 2 amide bonds. The van der Waals surface area contributed by atoms with E-state index in [2.05, 4.69) is 10.3 Å². The zero-order chi connectivity index (χ0) is 19.5. The molecule has 0 atom stereocenters. The highest BCUT2D eigenvalue weighted by atomic mass is 32.1. The van der Waals surface area contributed by atoms with Crippen molar-refractivity contribution in [3.63, 3.8) is 0 Å². The van der Waals surface area contributed by atoms with Crippen molar-refractivity contribution in [2.24, 2.45) is 0 Å². The topological polar surface area (TPSA) is 84.3 Å². The fourth-order valence-electron chi connectivity index (χ4n) is 3.28. The molecule has 1 fully saturated rings. The van der Waals surface area contributed by atoms with Gasteiger partial charge in [0, 0.05) is 38.2 Å². The van der Waals surface area contributed by atoms with Crippen LogP contribution in [0.15, 0.2) is 46.8 Å². The average Bonchev–Trinajstić information content (AvgIpc) is 3.35. The minimum absolute atomic E-state index is 0.119. The fraction of sp³-hybridized carbons (Fsp3) is 0.300. The molecule has 3 heterocycles. The summed E-state index contributed by atoms with van der Waals surface area (Å²) in [6, 6.07) is 9.41. The van der Waals surface area contributed by atoms with Crippen LogP contribution in [0.4, 0.5) is 5.69 Å². The van der Waals surface area contributed by atoms with Crippen molar-refractivity contribution < 1.29 is 9.59 Å². The zero-order valence-electron chi connectivity index (χ0n) is 15.3. The van der Waals surface area contributed by atoms with E-state index in [1.54, 1.807) is 11.0 Å². The van der Waals surface area contributed by atoms with E-state index < -0.39 is 0 Å². The molecule has 1 aromatic carbocycles. The molecule has 0 bridgehead atoms. The molecule has 3 aromatic rings. The van der Waals surface area contributed by atoms with E-state index in [-0.39, 0.29) is 23.8 Å². The van der Waals surface area contributed by atoms with E-state index in [1.165, 1.54) is 22.2 Å². The van der Waals surface area contributed by atoms with Crippen LogP contribution in [0, 0.1) is 0 Å². The van der Waals surface area contributed by atoms with Gasteiger partial charge in [0.1, 0.15) is 4.83 Å². The molecule has 28 heavy (non-hydrogen) atoms. The van der Waals surface area contributed by atoms with Crippen molar-refractivity contribution in [1.82, 2.24) is 14.9 Å². The lowest BCUT2D eigenvalue weighted by molar-refractivity contribution is -0.121. The first-order valence-corrected chi connectivity index (χ1v) is 10.1. The summed E-state index contributed by atoms with van der Waals surface area (Å²) >= 11 is 1.42. The van der Waals surface area contributed by atoms with Gasteiger partial charge in [-0.05, 0) is 35.6 Å². The first kappa shape index (κ1) is 18.4. The van der Waals surface area contributed by atoms with E-state index >= 15 is 0 Å². The number of thiophene rings is 1. The monoisotopic (exact) mass is 396 g/mol. The van der Waals surface area contributed by atoms with Gasteiger partial charge in [0.25, 0.3) is 5.56 Å². The van der Waals surface area contributed by atoms with Crippen molar-refractivity contribution in [2.45, 2.75) is 32.4 Å². The molecule has 0 spiro atoms. The highest BCUT2D eigenvalue weighted by Crippen LogP contribution is 2.21. The van der Waals surface area contributed by atoms with Crippen molar-refractivity contribution in [3.05, 3.63) is 58.0 Å². The van der Waals surface area contributed by atoms with Gasteiger partial charge >= 0.3 is 0 Å². The molecule has 4 rings (SSSR count). The predicted octanol–water partition coefficient (Wildman–Crippen LogP) is 2.29. The van der Waals surface area contributed by atoms with Gasteiger partial charge in [-0.25, -0.2) is 4.98 Å². The fourth-order valence-corrected chi connectivity index (χ4v) is 4.00. The van der Waals surface area contributed by atoms with Crippen molar-refractivity contribution in [1.29, 1.82) is 0 Å². The van der Waals surface area contributed by atoms with Gasteiger partial charge < -0.3 is 10.2 Å². The Morgan fingerprint density at radius 1 is 1.18 bits per heavy atom. The highest BCUT2D eigenvalue weighted by molar-refractivity contribution is 7.16. The van der Waals surface area contributed by atoms with Gasteiger partial charge in [-0.3, -0.25) is 19.0 Å². The number of anilines is 1. The number of hydrogen-bond acceptors (Lipinski definition) is 5. The molecular weight excluding hydrogens is 376 g/mol. The molecule has 2 aromatic heterocycles. The summed E-state index contributed by atoms with van der Waals surface area (Å²) in [4.78, 5) is 43.0. The summed E-state index contributed by atoms with van der Waals surface area (Å²) in [7, 11) is 0. The third-order valence-corrected chi connectivity index (χ3v) is 5.66. The summed E-state index contributed by atoms with van der Waals surface area (Å²) in [5, 5.41) is 5.29. The number of aryl methyl sites for hydroxylation is 1. The standard InChI is InChI=1S/C20H20N4O3S/c25-17(7-10-23-13-22-19-16(20(23)27)8-11-28-19)21-12-14-3-5-15(6-4-14)24-9-1-2-18(24)26/h3-6,8,11,13H,1-2,7,9-10,12H2,(H,21,25). The largest absolute Gasteiger partial charge is 0.352 e. The maximum absolute atomic E-state index is 12.3. The van der Waals surface area contributed by atoms with Crippen LogP contribution in [-0.2, 0) is 22.7 Å². The Kier molecular flexibility index (Phi) is 5.21. The summed E-state index contributed by atoms with van der Waals surface area (Å²) in [6.45, 7) is 1.46. The van der Waals surface area contributed by atoms with Crippen LogP contribution >= 0.6 is 11.3 Å². The molecular formula is C20H20N4O3S. The van der Waals surface area contributed by atoms with E-state index in [0.29, 0.717) is 29.7 Å². The lowest BCUT2D eigenvalue weighted by Gasteiger charge is -2.16.